The summed E-state index contributed by atoms with van der Waals surface area (Å²) >= 11 is 0. The van der Waals surface area contributed by atoms with E-state index in [2.05, 4.69) is 10.6 Å². The average Bonchev–Trinajstić information content (AvgIpc) is 2.70. The zero-order valence-electron chi connectivity index (χ0n) is 15.1. The van der Waals surface area contributed by atoms with Crippen LogP contribution in [0.25, 0.3) is 0 Å². The van der Waals surface area contributed by atoms with E-state index in [-0.39, 0.29) is 19.1 Å². The third-order valence-corrected chi connectivity index (χ3v) is 3.64. The van der Waals surface area contributed by atoms with Crippen molar-refractivity contribution >= 4 is 17.8 Å². The Morgan fingerprint density at radius 3 is 2.33 bits per heavy atom. The topological polar surface area (TPSA) is 93.7 Å². The Labute approximate surface area is 157 Å². The fraction of sp³-hybridized carbons (Fsp3) is 0.250. The second kappa shape index (κ2) is 10.6. The molecule has 0 radical (unpaired) electrons. The van der Waals surface area contributed by atoms with Crippen molar-refractivity contribution < 1.29 is 23.9 Å². The van der Waals surface area contributed by atoms with Crippen LogP contribution in [0.4, 0.5) is 0 Å². The minimum absolute atomic E-state index is 0.170. The largest absolute Gasteiger partial charge is 0.482 e. The fourth-order valence-corrected chi connectivity index (χ4v) is 2.25. The van der Waals surface area contributed by atoms with Gasteiger partial charge in [0.1, 0.15) is 5.75 Å². The maximum absolute atomic E-state index is 11.8. The summed E-state index contributed by atoms with van der Waals surface area (Å²) in [6.45, 7) is -0.949. The molecule has 0 spiro atoms. The number of esters is 1. The number of rotatable bonds is 9. The van der Waals surface area contributed by atoms with Crippen LogP contribution in [-0.4, -0.2) is 44.6 Å². The fourth-order valence-electron chi connectivity index (χ4n) is 2.25. The van der Waals surface area contributed by atoms with Crippen molar-refractivity contribution in [3.63, 3.8) is 0 Å². The standard InChI is InChI=1S/C20H22N2O5/c1-21-18(23)12-22-19(24)13-27-20(25)14-26-17-10-6-5-9-16(17)11-15-7-3-2-4-8-15/h2-10H,11-14H2,1H3,(H,21,23)(H,22,24). The number of para-hydroxylation sites is 1. The lowest BCUT2D eigenvalue weighted by atomic mass is 10.0. The highest BCUT2D eigenvalue weighted by molar-refractivity contribution is 5.86. The van der Waals surface area contributed by atoms with Gasteiger partial charge >= 0.3 is 5.97 Å². The predicted octanol–water partition coefficient (Wildman–Crippen LogP) is 1.06. The van der Waals surface area contributed by atoms with Crippen LogP contribution in [0.3, 0.4) is 0 Å². The molecule has 2 N–H and O–H groups in total. The van der Waals surface area contributed by atoms with Gasteiger partial charge in [-0.3, -0.25) is 9.59 Å². The van der Waals surface area contributed by atoms with E-state index in [9.17, 15) is 14.4 Å². The Morgan fingerprint density at radius 1 is 0.889 bits per heavy atom. The number of likely N-dealkylation sites (N-methyl/N-ethyl adjacent to an activating group) is 1. The van der Waals surface area contributed by atoms with Gasteiger partial charge in [-0.25, -0.2) is 4.79 Å². The van der Waals surface area contributed by atoms with Gasteiger partial charge in [-0.2, -0.15) is 0 Å². The first-order chi connectivity index (χ1) is 13.1. The normalized spacial score (nSPS) is 9.96. The van der Waals surface area contributed by atoms with E-state index in [0.29, 0.717) is 12.2 Å². The molecule has 2 amide bonds. The smallest absolute Gasteiger partial charge is 0.344 e. The number of benzene rings is 2. The first kappa shape index (κ1) is 20.0. The summed E-state index contributed by atoms with van der Waals surface area (Å²) in [5, 5.41) is 4.69. The molecule has 0 saturated carbocycles. The Hall–Kier alpha value is -3.35. The van der Waals surface area contributed by atoms with Crippen molar-refractivity contribution in [1.29, 1.82) is 0 Å². The quantitative estimate of drug-likeness (QED) is 0.644. The molecule has 0 bridgehead atoms. The van der Waals surface area contributed by atoms with Crippen LogP contribution in [0.1, 0.15) is 11.1 Å². The lowest BCUT2D eigenvalue weighted by Gasteiger charge is -2.11. The maximum atomic E-state index is 11.8. The SMILES string of the molecule is CNC(=O)CNC(=O)COC(=O)COc1ccccc1Cc1ccccc1. The summed E-state index contributed by atoms with van der Waals surface area (Å²) in [4.78, 5) is 34.3. The van der Waals surface area contributed by atoms with E-state index in [0.717, 1.165) is 11.1 Å². The van der Waals surface area contributed by atoms with Gasteiger partial charge in [-0.05, 0) is 17.2 Å². The van der Waals surface area contributed by atoms with Crippen molar-refractivity contribution in [2.45, 2.75) is 6.42 Å². The Morgan fingerprint density at radius 2 is 1.59 bits per heavy atom. The number of carbonyl (C=O) groups is 3. The van der Waals surface area contributed by atoms with Crippen molar-refractivity contribution in [1.82, 2.24) is 10.6 Å². The highest BCUT2D eigenvalue weighted by Crippen LogP contribution is 2.21. The third kappa shape index (κ3) is 7.19. The van der Waals surface area contributed by atoms with E-state index in [4.69, 9.17) is 9.47 Å². The average molecular weight is 370 g/mol. The molecule has 0 aliphatic rings. The molecule has 0 atom stereocenters. The third-order valence-electron chi connectivity index (χ3n) is 3.64. The van der Waals surface area contributed by atoms with Gasteiger partial charge in [0.05, 0.1) is 6.54 Å². The molecule has 2 aromatic rings. The zero-order chi connectivity index (χ0) is 19.5. The number of hydrogen-bond donors (Lipinski definition) is 2. The van der Waals surface area contributed by atoms with Crippen molar-refractivity contribution in [3.8, 4) is 5.75 Å². The molecule has 0 aliphatic heterocycles. The molecule has 27 heavy (non-hydrogen) atoms. The summed E-state index contributed by atoms with van der Waals surface area (Å²) in [7, 11) is 1.46. The van der Waals surface area contributed by atoms with Crippen molar-refractivity contribution in [2.75, 3.05) is 26.8 Å². The monoisotopic (exact) mass is 370 g/mol. The second-order valence-corrected chi connectivity index (χ2v) is 5.67. The van der Waals surface area contributed by atoms with Crippen molar-refractivity contribution in [3.05, 3.63) is 65.7 Å². The second-order valence-electron chi connectivity index (χ2n) is 5.67. The van der Waals surface area contributed by atoms with Crippen LogP contribution in [0.5, 0.6) is 5.75 Å². The minimum Gasteiger partial charge on any atom is -0.482 e. The molecule has 142 valence electrons. The number of amides is 2. The van der Waals surface area contributed by atoms with E-state index < -0.39 is 18.5 Å². The minimum atomic E-state index is -0.667. The lowest BCUT2D eigenvalue weighted by Crippen LogP contribution is -2.37. The first-order valence-corrected chi connectivity index (χ1v) is 8.46. The van der Waals surface area contributed by atoms with Crippen LogP contribution in [0, 0.1) is 0 Å². The Balaban J connectivity index is 1.80. The van der Waals surface area contributed by atoms with Crippen LogP contribution in [-0.2, 0) is 25.5 Å². The van der Waals surface area contributed by atoms with E-state index >= 15 is 0 Å². The molecule has 0 heterocycles. The maximum Gasteiger partial charge on any atom is 0.344 e. The zero-order valence-corrected chi connectivity index (χ0v) is 15.1. The van der Waals surface area contributed by atoms with Crippen LogP contribution < -0.4 is 15.4 Å². The van der Waals surface area contributed by atoms with Crippen molar-refractivity contribution in [2.24, 2.45) is 0 Å². The molecule has 0 unspecified atom stereocenters. The van der Waals surface area contributed by atoms with Gasteiger partial charge in [-0.1, -0.05) is 48.5 Å². The summed E-state index contributed by atoms with van der Waals surface area (Å²) in [6.07, 6.45) is 0.675. The molecule has 0 fully saturated rings. The van der Waals surface area contributed by atoms with Gasteiger partial charge in [-0.15, -0.1) is 0 Å². The molecule has 0 aliphatic carbocycles. The van der Waals surface area contributed by atoms with E-state index in [1.54, 1.807) is 6.07 Å². The predicted molar refractivity (Wildman–Crippen MR) is 99.2 cm³/mol. The molecule has 0 aromatic heterocycles. The molecule has 2 aromatic carbocycles. The first-order valence-electron chi connectivity index (χ1n) is 8.46. The number of nitrogens with one attached hydrogen (secondary N) is 2. The van der Waals surface area contributed by atoms with Gasteiger partial charge in [0, 0.05) is 13.5 Å². The van der Waals surface area contributed by atoms with Gasteiger partial charge in [0.2, 0.25) is 5.91 Å². The molecular formula is C20H22N2O5. The van der Waals surface area contributed by atoms with Crippen LogP contribution >= 0.6 is 0 Å². The Bertz CT molecular complexity index is 777. The number of ether oxygens (including phenoxy) is 2. The molecule has 0 saturated heterocycles. The highest BCUT2D eigenvalue weighted by Gasteiger charge is 2.11. The molecule has 2 rings (SSSR count). The number of hydrogen-bond acceptors (Lipinski definition) is 5. The number of carbonyl (C=O) groups excluding carboxylic acids is 3. The van der Waals surface area contributed by atoms with Gasteiger partial charge in [0.15, 0.2) is 13.2 Å². The summed E-state index contributed by atoms with van der Waals surface area (Å²) in [6, 6.07) is 17.3. The molecule has 7 heteroatoms. The van der Waals surface area contributed by atoms with E-state index in [1.165, 1.54) is 7.05 Å². The summed E-state index contributed by atoms with van der Waals surface area (Å²) in [5.41, 5.74) is 2.07. The summed E-state index contributed by atoms with van der Waals surface area (Å²) in [5.74, 6) is -0.980. The summed E-state index contributed by atoms with van der Waals surface area (Å²) < 4.78 is 10.4. The molecule has 7 nitrogen and oxygen atoms in total. The van der Waals surface area contributed by atoms with Gasteiger partial charge < -0.3 is 20.1 Å². The van der Waals surface area contributed by atoms with E-state index in [1.807, 2.05) is 48.5 Å². The van der Waals surface area contributed by atoms with Gasteiger partial charge in [0.25, 0.3) is 5.91 Å². The van der Waals surface area contributed by atoms with Crippen LogP contribution in [0.15, 0.2) is 54.6 Å². The highest BCUT2D eigenvalue weighted by atomic mass is 16.6. The Kier molecular flexibility index (Phi) is 7.84. The van der Waals surface area contributed by atoms with Crippen LogP contribution in [0.2, 0.25) is 0 Å². The lowest BCUT2D eigenvalue weighted by molar-refractivity contribution is -0.150. The molecular weight excluding hydrogens is 348 g/mol.